The Labute approximate surface area is 147 Å². The van der Waals surface area contributed by atoms with E-state index >= 15 is 0 Å². The molecule has 1 unspecified atom stereocenters. The molecule has 4 heterocycles. The number of hydrogen-bond donors (Lipinski definition) is 2. The molecule has 2 aliphatic rings. The highest BCUT2D eigenvalue weighted by molar-refractivity contribution is 5.96. The number of rotatable bonds is 3. The minimum absolute atomic E-state index is 0.0774. The van der Waals surface area contributed by atoms with Crippen LogP contribution in [0.5, 0.6) is 0 Å². The normalized spacial score (nSPS) is 20.5. The van der Waals surface area contributed by atoms with Crippen molar-refractivity contribution >= 4 is 11.7 Å². The van der Waals surface area contributed by atoms with Gasteiger partial charge in [-0.1, -0.05) is 13.8 Å². The van der Waals surface area contributed by atoms with Crippen LogP contribution < -0.4 is 10.2 Å². The van der Waals surface area contributed by atoms with Crippen molar-refractivity contribution in [1.82, 2.24) is 25.3 Å². The number of hydrogen-bond acceptors (Lipinski definition) is 5. The second-order valence-electron chi connectivity index (χ2n) is 7.15. The lowest BCUT2D eigenvalue weighted by Crippen LogP contribution is -2.39. The number of anilines is 1. The maximum atomic E-state index is 12.3. The van der Waals surface area contributed by atoms with Gasteiger partial charge in [-0.05, 0) is 19.3 Å². The van der Waals surface area contributed by atoms with Crippen molar-refractivity contribution in [3.63, 3.8) is 0 Å². The summed E-state index contributed by atoms with van der Waals surface area (Å²) < 4.78 is 0. The number of carbonyl (C=O) groups excluding carboxylic acids is 1. The number of carbonyl (C=O) groups is 1. The molecule has 1 atom stereocenters. The molecule has 7 nitrogen and oxygen atoms in total. The minimum Gasteiger partial charge on any atom is -0.356 e. The third kappa shape index (κ3) is 2.99. The van der Waals surface area contributed by atoms with Crippen LogP contribution in [0, 0.1) is 0 Å². The lowest BCUT2D eigenvalue weighted by molar-refractivity contribution is 0.0940. The minimum atomic E-state index is -0.0774. The third-order valence-corrected chi connectivity index (χ3v) is 5.02. The summed E-state index contributed by atoms with van der Waals surface area (Å²) >= 11 is 0. The molecule has 25 heavy (non-hydrogen) atoms. The highest BCUT2D eigenvalue weighted by atomic mass is 16.1. The van der Waals surface area contributed by atoms with Gasteiger partial charge in [-0.3, -0.25) is 4.79 Å². The third-order valence-electron chi connectivity index (χ3n) is 5.02. The van der Waals surface area contributed by atoms with Crippen molar-refractivity contribution in [2.45, 2.75) is 44.9 Å². The molecule has 132 valence electrons. The fourth-order valence-electron chi connectivity index (χ4n) is 3.70. The van der Waals surface area contributed by atoms with Crippen LogP contribution in [0.3, 0.4) is 0 Å². The second kappa shape index (κ2) is 6.46. The van der Waals surface area contributed by atoms with E-state index in [1.807, 2.05) is 12.4 Å². The number of H-pyrrole nitrogens is 1. The predicted molar refractivity (Wildman–Crippen MR) is 94.9 cm³/mol. The van der Waals surface area contributed by atoms with E-state index in [0.717, 1.165) is 55.4 Å². The fraction of sp³-hybridized carbons (Fsp3) is 0.556. The van der Waals surface area contributed by atoms with Gasteiger partial charge in [-0.25, -0.2) is 15.0 Å². The van der Waals surface area contributed by atoms with E-state index in [-0.39, 0.29) is 11.8 Å². The van der Waals surface area contributed by atoms with Gasteiger partial charge in [0.15, 0.2) is 0 Å². The standard InChI is InChI=1S/C18H24N6O/c1-11(2)15-22-14-13(5-6-21-18(14)25)17(23-15)24-9-3-4-12(10-24)16-19-7-8-20-16/h7-8,11-12H,3-6,9-10H2,1-2H3,(H,19,20)(H,21,25). The Kier molecular flexibility index (Phi) is 4.15. The first-order chi connectivity index (χ1) is 12.1. The Morgan fingerprint density at radius 3 is 2.96 bits per heavy atom. The molecule has 1 amide bonds. The summed E-state index contributed by atoms with van der Waals surface area (Å²) in [6, 6.07) is 0. The van der Waals surface area contributed by atoms with Crippen LogP contribution in [0.2, 0.25) is 0 Å². The topological polar surface area (TPSA) is 86.8 Å². The molecule has 4 rings (SSSR count). The van der Waals surface area contributed by atoms with Crippen LogP contribution in [-0.4, -0.2) is 45.5 Å². The summed E-state index contributed by atoms with van der Waals surface area (Å²) in [7, 11) is 0. The van der Waals surface area contributed by atoms with Crippen molar-refractivity contribution in [2.24, 2.45) is 0 Å². The number of nitrogens with zero attached hydrogens (tertiary/aromatic N) is 4. The van der Waals surface area contributed by atoms with Crippen molar-refractivity contribution < 1.29 is 4.79 Å². The SMILES string of the molecule is CC(C)c1nc2c(c(N3CCCC(c4ncc[nH]4)C3)n1)CCNC2=O. The number of nitrogens with one attached hydrogen (secondary N) is 2. The zero-order valence-corrected chi connectivity index (χ0v) is 14.7. The average molecular weight is 340 g/mol. The highest BCUT2D eigenvalue weighted by Gasteiger charge is 2.30. The molecule has 0 radical (unpaired) electrons. The van der Waals surface area contributed by atoms with E-state index in [9.17, 15) is 4.79 Å². The van der Waals surface area contributed by atoms with E-state index in [1.54, 1.807) is 0 Å². The summed E-state index contributed by atoms with van der Waals surface area (Å²) in [6.45, 7) is 6.61. The first-order valence-electron chi connectivity index (χ1n) is 9.06. The lowest BCUT2D eigenvalue weighted by Gasteiger charge is -2.35. The predicted octanol–water partition coefficient (Wildman–Crippen LogP) is 1.99. The number of imidazole rings is 1. The van der Waals surface area contributed by atoms with Gasteiger partial charge in [0.1, 0.15) is 23.2 Å². The summed E-state index contributed by atoms with van der Waals surface area (Å²) in [5.74, 6) is 3.20. The monoisotopic (exact) mass is 340 g/mol. The zero-order chi connectivity index (χ0) is 17.4. The number of fused-ring (bicyclic) bond motifs is 1. The van der Waals surface area contributed by atoms with Crippen LogP contribution in [0.15, 0.2) is 12.4 Å². The molecule has 1 fully saturated rings. The molecule has 7 heteroatoms. The first-order valence-corrected chi connectivity index (χ1v) is 9.06. The second-order valence-corrected chi connectivity index (χ2v) is 7.15. The maximum absolute atomic E-state index is 12.3. The highest BCUT2D eigenvalue weighted by Crippen LogP contribution is 2.32. The summed E-state index contributed by atoms with van der Waals surface area (Å²) in [5, 5.41) is 2.90. The Morgan fingerprint density at radius 2 is 2.20 bits per heavy atom. The van der Waals surface area contributed by atoms with Crippen molar-refractivity contribution in [3.8, 4) is 0 Å². The van der Waals surface area contributed by atoms with E-state index in [1.165, 1.54) is 0 Å². The van der Waals surface area contributed by atoms with Crippen LogP contribution in [0.1, 0.15) is 66.2 Å². The number of amides is 1. The van der Waals surface area contributed by atoms with Crippen molar-refractivity contribution in [3.05, 3.63) is 35.3 Å². The molecule has 2 N–H and O–H groups in total. The van der Waals surface area contributed by atoms with Gasteiger partial charge in [0, 0.05) is 49.4 Å². The molecule has 2 aromatic heterocycles. The van der Waals surface area contributed by atoms with E-state index in [4.69, 9.17) is 4.98 Å². The average Bonchev–Trinajstić information content (AvgIpc) is 3.16. The number of aromatic amines is 1. The first kappa shape index (κ1) is 16.1. The summed E-state index contributed by atoms with van der Waals surface area (Å²) in [6.07, 6.45) is 6.68. The summed E-state index contributed by atoms with van der Waals surface area (Å²) in [4.78, 5) is 31.7. The molecule has 0 saturated carbocycles. The Bertz CT molecular complexity index is 770. The maximum Gasteiger partial charge on any atom is 0.270 e. The van der Waals surface area contributed by atoms with Crippen LogP contribution >= 0.6 is 0 Å². The Balaban J connectivity index is 1.72. The molecule has 0 bridgehead atoms. The molecule has 0 aliphatic carbocycles. The van der Waals surface area contributed by atoms with Gasteiger partial charge in [0.2, 0.25) is 0 Å². The number of piperidine rings is 1. The van der Waals surface area contributed by atoms with Crippen molar-refractivity contribution in [2.75, 3.05) is 24.5 Å². The quantitative estimate of drug-likeness (QED) is 0.892. The molecule has 0 spiro atoms. The lowest BCUT2D eigenvalue weighted by atomic mass is 9.96. The van der Waals surface area contributed by atoms with E-state index in [2.05, 4.69) is 39.0 Å². The molecule has 2 aliphatic heterocycles. The van der Waals surface area contributed by atoms with Gasteiger partial charge in [0.25, 0.3) is 5.91 Å². The molecule has 0 aromatic carbocycles. The van der Waals surface area contributed by atoms with Gasteiger partial charge in [0.05, 0.1) is 0 Å². The molecule has 1 saturated heterocycles. The van der Waals surface area contributed by atoms with E-state index in [0.29, 0.717) is 18.2 Å². The fourth-order valence-corrected chi connectivity index (χ4v) is 3.70. The smallest absolute Gasteiger partial charge is 0.270 e. The van der Waals surface area contributed by atoms with Gasteiger partial charge >= 0.3 is 0 Å². The van der Waals surface area contributed by atoms with E-state index < -0.39 is 0 Å². The molecular weight excluding hydrogens is 316 g/mol. The van der Waals surface area contributed by atoms with Crippen LogP contribution in [0.25, 0.3) is 0 Å². The summed E-state index contributed by atoms with van der Waals surface area (Å²) in [5.41, 5.74) is 1.55. The van der Waals surface area contributed by atoms with Crippen LogP contribution in [0.4, 0.5) is 5.82 Å². The Hall–Kier alpha value is -2.44. The van der Waals surface area contributed by atoms with Crippen LogP contribution in [-0.2, 0) is 6.42 Å². The number of aromatic nitrogens is 4. The molecule has 2 aromatic rings. The van der Waals surface area contributed by atoms with Gasteiger partial charge in [-0.2, -0.15) is 0 Å². The zero-order valence-electron chi connectivity index (χ0n) is 14.7. The molecular formula is C18H24N6O. The van der Waals surface area contributed by atoms with Crippen molar-refractivity contribution in [1.29, 1.82) is 0 Å². The largest absolute Gasteiger partial charge is 0.356 e. The van der Waals surface area contributed by atoms with Gasteiger partial charge < -0.3 is 15.2 Å². The van der Waals surface area contributed by atoms with Gasteiger partial charge in [-0.15, -0.1) is 0 Å². The Morgan fingerprint density at radius 1 is 1.32 bits per heavy atom.